The van der Waals surface area contributed by atoms with Crippen LogP contribution in [0.5, 0.6) is 5.75 Å². The van der Waals surface area contributed by atoms with Crippen LogP contribution in [0.25, 0.3) is 0 Å². The standard InChI is InChI=1S/C23H29FN2O3/c1-17(13-18-5-3-8-21(14-18)28-2)26-22(27)25-16-23(9-11-29-12-10-23)19-6-4-7-20(24)15-19/h3-8,14-15,17H,9-13,16H2,1-2H3,(H2,25,26,27). The predicted octanol–water partition coefficient (Wildman–Crippen LogP) is 3.81. The summed E-state index contributed by atoms with van der Waals surface area (Å²) in [4.78, 5) is 12.5. The van der Waals surface area contributed by atoms with Gasteiger partial charge in [0.15, 0.2) is 0 Å². The number of rotatable bonds is 7. The number of benzene rings is 2. The molecule has 1 aliphatic heterocycles. The van der Waals surface area contributed by atoms with Gasteiger partial charge in [-0.1, -0.05) is 24.3 Å². The molecular formula is C23H29FN2O3. The SMILES string of the molecule is COc1cccc(CC(C)NC(=O)NCC2(c3cccc(F)c3)CCOCC2)c1. The van der Waals surface area contributed by atoms with Crippen molar-refractivity contribution < 1.29 is 18.7 Å². The lowest BCUT2D eigenvalue weighted by Gasteiger charge is -2.38. The summed E-state index contributed by atoms with van der Waals surface area (Å²) < 4.78 is 24.5. The Hall–Kier alpha value is -2.60. The van der Waals surface area contributed by atoms with E-state index in [9.17, 15) is 9.18 Å². The molecule has 1 atom stereocenters. The van der Waals surface area contributed by atoms with Crippen molar-refractivity contribution in [2.45, 2.75) is 37.6 Å². The van der Waals surface area contributed by atoms with Crippen molar-refractivity contribution in [1.29, 1.82) is 0 Å². The van der Waals surface area contributed by atoms with Crippen LogP contribution in [0.15, 0.2) is 48.5 Å². The first-order valence-electron chi connectivity index (χ1n) is 10.0. The quantitative estimate of drug-likeness (QED) is 0.743. The average Bonchev–Trinajstić information content (AvgIpc) is 2.73. The van der Waals surface area contributed by atoms with E-state index in [-0.39, 0.29) is 23.3 Å². The number of carbonyl (C=O) groups is 1. The van der Waals surface area contributed by atoms with E-state index >= 15 is 0 Å². The molecule has 1 heterocycles. The van der Waals surface area contributed by atoms with Crippen LogP contribution in [-0.2, 0) is 16.6 Å². The van der Waals surface area contributed by atoms with E-state index in [2.05, 4.69) is 10.6 Å². The molecule has 156 valence electrons. The van der Waals surface area contributed by atoms with Crippen LogP contribution in [0, 0.1) is 5.82 Å². The number of carbonyl (C=O) groups excluding carboxylic acids is 1. The third-order valence-corrected chi connectivity index (χ3v) is 5.53. The van der Waals surface area contributed by atoms with Gasteiger partial charge in [-0.3, -0.25) is 0 Å². The van der Waals surface area contributed by atoms with Gasteiger partial charge in [0.2, 0.25) is 0 Å². The maximum Gasteiger partial charge on any atom is 0.315 e. The Bertz CT molecular complexity index is 821. The third kappa shape index (κ3) is 5.70. The molecule has 2 N–H and O–H groups in total. The lowest BCUT2D eigenvalue weighted by atomic mass is 9.74. The minimum atomic E-state index is -0.312. The second-order valence-corrected chi connectivity index (χ2v) is 7.69. The zero-order valence-electron chi connectivity index (χ0n) is 17.0. The molecule has 2 aromatic rings. The highest BCUT2D eigenvalue weighted by molar-refractivity contribution is 5.74. The summed E-state index contributed by atoms with van der Waals surface area (Å²) in [5.74, 6) is 0.542. The van der Waals surface area contributed by atoms with E-state index in [1.807, 2.05) is 37.3 Å². The molecular weight excluding hydrogens is 371 g/mol. The molecule has 0 bridgehead atoms. The zero-order valence-corrected chi connectivity index (χ0v) is 17.0. The number of urea groups is 1. The second-order valence-electron chi connectivity index (χ2n) is 7.69. The molecule has 6 heteroatoms. The molecule has 29 heavy (non-hydrogen) atoms. The number of ether oxygens (including phenoxy) is 2. The van der Waals surface area contributed by atoms with Crippen molar-refractivity contribution in [2.24, 2.45) is 0 Å². The summed E-state index contributed by atoms with van der Waals surface area (Å²) in [6.45, 7) is 3.62. The maximum atomic E-state index is 13.8. The summed E-state index contributed by atoms with van der Waals surface area (Å²) in [6, 6.07) is 14.2. The monoisotopic (exact) mass is 400 g/mol. The van der Waals surface area contributed by atoms with Gasteiger partial charge in [0.25, 0.3) is 0 Å². The fraction of sp³-hybridized carbons (Fsp3) is 0.435. The number of halogens is 1. The molecule has 5 nitrogen and oxygen atoms in total. The van der Waals surface area contributed by atoms with Gasteiger partial charge >= 0.3 is 6.03 Å². The minimum Gasteiger partial charge on any atom is -0.497 e. The summed E-state index contributed by atoms with van der Waals surface area (Å²) >= 11 is 0. The highest BCUT2D eigenvalue weighted by atomic mass is 19.1. The van der Waals surface area contributed by atoms with E-state index in [1.165, 1.54) is 6.07 Å². The number of hydrogen-bond acceptors (Lipinski definition) is 3. The van der Waals surface area contributed by atoms with Gasteiger partial charge in [-0.25, -0.2) is 9.18 Å². The molecule has 1 unspecified atom stereocenters. The predicted molar refractivity (Wildman–Crippen MR) is 111 cm³/mol. The second kappa shape index (κ2) is 9.74. The van der Waals surface area contributed by atoms with Gasteiger partial charge in [0.05, 0.1) is 7.11 Å². The van der Waals surface area contributed by atoms with Crippen LogP contribution in [0.4, 0.5) is 9.18 Å². The summed E-state index contributed by atoms with van der Waals surface area (Å²) in [6.07, 6.45) is 2.19. The molecule has 3 rings (SSSR count). The van der Waals surface area contributed by atoms with Gasteiger partial charge in [-0.2, -0.15) is 0 Å². The molecule has 0 spiro atoms. The van der Waals surface area contributed by atoms with Crippen LogP contribution in [-0.4, -0.2) is 38.9 Å². The van der Waals surface area contributed by atoms with Gasteiger partial charge in [-0.15, -0.1) is 0 Å². The lowest BCUT2D eigenvalue weighted by Crippen LogP contribution is -2.49. The van der Waals surface area contributed by atoms with Gasteiger partial charge in [0, 0.05) is 31.2 Å². The Labute approximate surface area is 171 Å². The van der Waals surface area contributed by atoms with Crippen molar-refractivity contribution in [3.05, 3.63) is 65.5 Å². The molecule has 0 aromatic heterocycles. The first-order valence-corrected chi connectivity index (χ1v) is 10.0. The molecule has 2 amide bonds. The van der Waals surface area contributed by atoms with E-state index < -0.39 is 0 Å². The lowest BCUT2D eigenvalue weighted by molar-refractivity contribution is 0.0505. The molecule has 1 aliphatic rings. The van der Waals surface area contributed by atoms with E-state index in [0.29, 0.717) is 26.2 Å². The maximum absolute atomic E-state index is 13.8. The average molecular weight is 400 g/mol. The van der Waals surface area contributed by atoms with Crippen LogP contribution in [0.3, 0.4) is 0 Å². The molecule has 0 saturated carbocycles. The molecule has 0 aliphatic carbocycles. The number of hydrogen-bond donors (Lipinski definition) is 2. The minimum absolute atomic E-state index is 0.0399. The Kier molecular flexibility index (Phi) is 7.09. The van der Waals surface area contributed by atoms with E-state index in [0.717, 1.165) is 29.7 Å². The van der Waals surface area contributed by atoms with Crippen LogP contribution in [0.2, 0.25) is 0 Å². The van der Waals surface area contributed by atoms with Crippen molar-refractivity contribution in [1.82, 2.24) is 10.6 Å². The Morgan fingerprint density at radius 3 is 2.69 bits per heavy atom. The number of amides is 2. The molecule has 0 radical (unpaired) electrons. The fourth-order valence-corrected chi connectivity index (χ4v) is 3.88. The van der Waals surface area contributed by atoms with E-state index in [4.69, 9.17) is 9.47 Å². The summed E-state index contributed by atoms with van der Waals surface area (Å²) in [5.41, 5.74) is 1.69. The van der Waals surface area contributed by atoms with E-state index in [1.54, 1.807) is 19.2 Å². The van der Waals surface area contributed by atoms with Crippen molar-refractivity contribution in [2.75, 3.05) is 26.9 Å². The number of nitrogens with one attached hydrogen (secondary N) is 2. The fourth-order valence-electron chi connectivity index (χ4n) is 3.88. The third-order valence-electron chi connectivity index (χ3n) is 5.53. The van der Waals surface area contributed by atoms with Crippen molar-refractivity contribution in [3.8, 4) is 5.75 Å². The zero-order chi connectivity index (χ0) is 20.7. The largest absolute Gasteiger partial charge is 0.497 e. The normalized spacial score (nSPS) is 16.7. The van der Waals surface area contributed by atoms with Crippen LogP contribution >= 0.6 is 0 Å². The van der Waals surface area contributed by atoms with Crippen LogP contribution in [0.1, 0.15) is 30.9 Å². The molecule has 1 fully saturated rings. The smallest absolute Gasteiger partial charge is 0.315 e. The number of methoxy groups -OCH3 is 1. The topological polar surface area (TPSA) is 59.6 Å². The Morgan fingerprint density at radius 2 is 1.97 bits per heavy atom. The van der Waals surface area contributed by atoms with Gasteiger partial charge in [-0.05, 0) is 61.6 Å². The molecule has 1 saturated heterocycles. The first kappa shape index (κ1) is 21.1. The summed E-state index contributed by atoms with van der Waals surface area (Å²) in [7, 11) is 1.64. The Morgan fingerprint density at radius 1 is 1.21 bits per heavy atom. The highest BCUT2D eigenvalue weighted by Gasteiger charge is 2.35. The van der Waals surface area contributed by atoms with Crippen molar-refractivity contribution >= 4 is 6.03 Å². The molecule has 2 aromatic carbocycles. The van der Waals surface area contributed by atoms with Gasteiger partial charge < -0.3 is 20.1 Å². The summed E-state index contributed by atoms with van der Waals surface area (Å²) in [5, 5.41) is 5.99. The van der Waals surface area contributed by atoms with Gasteiger partial charge in [0.1, 0.15) is 11.6 Å². The highest BCUT2D eigenvalue weighted by Crippen LogP contribution is 2.34. The van der Waals surface area contributed by atoms with Crippen LogP contribution < -0.4 is 15.4 Å². The first-order chi connectivity index (χ1) is 14.0. The Balaban J connectivity index is 1.58. The van der Waals surface area contributed by atoms with Crippen molar-refractivity contribution in [3.63, 3.8) is 0 Å².